The molecule has 0 aliphatic carbocycles. The number of piperidine rings is 1. The molecule has 25 heavy (non-hydrogen) atoms. The van der Waals surface area contributed by atoms with Crippen LogP contribution in [0.5, 0.6) is 17.2 Å². The summed E-state index contributed by atoms with van der Waals surface area (Å²) < 4.78 is 19.4. The minimum atomic E-state index is 0.497. The van der Waals surface area contributed by atoms with Gasteiger partial charge in [0.1, 0.15) is 0 Å². The largest absolute Gasteiger partial charge is 0.493 e. The summed E-state index contributed by atoms with van der Waals surface area (Å²) in [6.45, 7) is 2.33. The molecule has 3 aliphatic heterocycles. The molecular weight excluding hydrogens is 316 g/mol. The third-order valence-electron chi connectivity index (χ3n) is 6.13. The van der Waals surface area contributed by atoms with Crippen molar-refractivity contribution in [1.29, 1.82) is 0 Å². The highest BCUT2D eigenvalue weighted by atomic mass is 16.5. The molecule has 1 aromatic carbocycles. The first-order valence-electron chi connectivity index (χ1n) is 9.06. The molecule has 1 saturated heterocycles. The van der Waals surface area contributed by atoms with Crippen molar-refractivity contribution < 1.29 is 14.2 Å². The molecule has 1 fully saturated rings. The SMILES string of the molecule is COc1cc2c(c3c4n2C=C[C@H]2CCCN(CC3)[C@@H]42)c(OC)c1OC. The third kappa shape index (κ3) is 1.87. The molecule has 5 rings (SSSR count). The van der Waals surface area contributed by atoms with Crippen molar-refractivity contribution in [2.45, 2.75) is 25.3 Å². The van der Waals surface area contributed by atoms with Crippen LogP contribution < -0.4 is 14.2 Å². The highest BCUT2D eigenvalue weighted by Crippen LogP contribution is 2.52. The van der Waals surface area contributed by atoms with Crippen molar-refractivity contribution in [3.63, 3.8) is 0 Å². The summed E-state index contributed by atoms with van der Waals surface area (Å²) in [6.07, 6.45) is 8.28. The third-order valence-corrected chi connectivity index (χ3v) is 6.13. The van der Waals surface area contributed by atoms with Crippen LogP contribution in [0.1, 0.15) is 30.1 Å². The van der Waals surface area contributed by atoms with Crippen molar-refractivity contribution in [3.05, 3.63) is 23.4 Å². The van der Waals surface area contributed by atoms with Crippen LogP contribution in [0.2, 0.25) is 0 Å². The second-order valence-corrected chi connectivity index (χ2v) is 7.15. The van der Waals surface area contributed by atoms with Crippen molar-refractivity contribution in [2.24, 2.45) is 5.92 Å². The lowest BCUT2D eigenvalue weighted by Crippen LogP contribution is -2.44. The van der Waals surface area contributed by atoms with Crippen molar-refractivity contribution in [3.8, 4) is 17.2 Å². The fraction of sp³-hybridized carbons (Fsp3) is 0.500. The number of hydrogen-bond acceptors (Lipinski definition) is 4. The van der Waals surface area contributed by atoms with Crippen LogP contribution in [0, 0.1) is 5.92 Å². The first-order chi connectivity index (χ1) is 12.3. The molecule has 0 saturated carbocycles. The summed E-state index contributed by atoms with van der Waals surface area (Å²) in [4.78, 5) is 2.66. The molecule has 0 spiro atoms. The fourth-order valence-corrected chi connectivity index (χ4v) is 5.14. The van der Waals surface area contributed by atoms with E-state index in [0.717, 1.165) is 24.2 Å². The van der Waals surface area contributed by atoms with Gasteiger partial charge >= 0.3 is 0 Å². The van der Waals surface area contributed by atoms with Crippen LogP contribution in [0.15, 0.2) is 12.1 Å². The fourth-order valence-electron chi connectivity index (χ4n) is 5.14. The smallest absolute Gasteiger partial charge is 0.204 e. The lowest BCUT2D eigenvalue weighted by Gasteiger charge is -2.45. The molecule has 0 bridgehead atoms. The Balaban J connectivity index is 1.87. The lowest BCUT2D eigenvalue weighted by molar-refractivity contribution is 0.0982. The van der Waals surface area contributed by atoms with Crippen LogP contribution >= 0.6 is 0 Å². The van der Waals surface area contributed by atoms with Gasteiger partial charge in [-0.2, -0.15) is 0 Å². The normalized spacial score (nSPS) is 24.3. The molecule has 2 atom stereocenters. The van der Waals surface area contributed by atoms with Gasteiger partial charge in [0.2, 0.25) is 5.75 Å². The van der Waals surface area contributed by atoms with E-state index in [1.807, 2.05) is 0 Å². The maximum atomic E-state index is 5.81. The van der Waals surface area contributed by atoms with E-state index in [9.17, 15) is 0 Å². The molecule has 0 N–H and O–H groups in total. The number of hydrogen-bond donors (Lipinski definition) is 0. The van der Waals surface area contributed by atoms with E-state index in [4.69, 9.17) is 14.2 Å². The Bertz CT molecular complexity index is 883. The summed E-state index contributed by atoms with van der Waals surface area (Å²) in [5.41, 5.74) is 4.02. The van der Waals surface area contributed by atoms with E-state index >= 15 is 0 Å². The van der Waals surface area contributed by atoms with Crippen LogP contribution in [-0.4, -0.2) is 43.9 Å². The first-order valence-corrected chi connectivity index (χ1v) is 9.06. The topological polar surface area (TPSA) is 35.9 Å². The van der Waals surface area contributed by atoms with E-state index in [-0.39, 0.29) is 0 Å². The molecule has 4 heterocycles. The van der Waals surface area contributed by atoms with Crippen LogP contribution in [-0.2, 0) is 6.42 Å². The highest BCUT2D eigenvalue weighted by Gasteiger charge is 2.41. The maximum absolute atomic E-state index is 5.81. The first kappa shape index (κ1) is 15.1. The van der Waals surface area contributed by atoms with Crippen molar-refractivity contribution in [2.75, 3.05) is 34.4 Å². The predicted molar refractivity (Wildman–Crippen MR) is 97.7 cm³/mol. The minimum absolute atomic E-state index is 0.497. The average molecular weight is 340 g/mol. The number of aromatic nitrogens is 1. The zero-order chi connectivity index (χ0) is 17.1. The predicted octanol–water partition coefficient (Wildman–Crippen LogP) is 3.46. The highest BCUT2D eigenvalue weighted by molar-refractivity contribution is 5.97. The molecule has 0 unspecified atom stereocenters. The van der Waals surface area contributed by atoms with Crippen molar-refractivity contribution >= 4 is 17.1 Å². The Labute approximate surface area is 147 Å². The zero-order valence-corrected chi connectivity index (χ0v) is 15.0. The molecular formula is C20H24N2O3. The number of methoxy groups -OCH3 is 3. The zero-order valence-electron chi connectivity index (χ0n) is 15.0. The van der Waals surface area contributed by atoms with E-state index in [0.29, 0.717) is 23.5 Å². The summed E-state index contributed by atoms with van der Waals surface area (Å²) in [5, 5.41) is 1.19. The van der Waals surface area contributed by atoms with E-state index in [2.05, 4.69) is 27.8 Å². The molecule has 5 heteroatoms. The van der Waals surface area contributed by atoms with Crippen molar-refractivity contribution in [1.82, 2.24) is 9.47 Å². The number of benzene rings is 1. The van der Waals surface area contributed by atoms with Gasteiger partial charge in [0.05, 0.1) is 32.9 Å². The molecule has 2 aromatic rings. The van der Waals surface area contributed by atoms with Gasteiger partial charge < -0.3 is 18.8 Å². The summed E-state index contributed by atoms with van der Waals surface area (Å²) in [6, 6.07) is 2.59. The second kappa shape index (κ2) is 5.43. The lowest BCUT2D eigenvalue weighted by atomic mass is 9.81. The van der Waals surface area contributed by atoms with Gasteiger partial charge in [-0.1, -0.05) is 6.08 Å². The van der Waals surface area contributed by atoms with E-state index < -0.39 is 0 Å². The number of ether oxygens (including phenoxy) is 3. The number of rotatable bonds is 3. The van der Waals surface area contributed by atoms with Gasteiger partial charge in [-0.3, -0.25) is 4.90 Å². The Morgan fingerprint density at radius 2 is 1.88 bits per heavy atom. The Hall–Kier alpha value is -2.14. The maximum Gasteiger partial charge on any atom is 0.204 e. The number of nitrogens with zero attached hydrogens (tertiary/aromatic N) is 2. The molecule has 0 radical (unpaired) electrons. The summed E-state index contributed by atoms with van der Waals surface area (Å²) in [5.74, 6) is 2.82. The molecule has 3 aliphatic rings. The molecule has 0 amide bonds. The van der Waals surface area contributed by atoms with Gasteiger partial charge in [0, 0.05) is 29.9 Å². The molecule has 1 aromatic heterocycles. The molecule has 5 nitrogen and oxygen atoms in total. The summed E-state index contributed by atoms with van der Waals surface area (Å²) >= 11 is 0. The minimum Gasteiger partial charge on any atom is -0.493 e. The van der Waals surface area contributed by atoms with Gasteiger partial charge in [-0.25, -0.2) is 0 Å². The van der Waals surface area contributed by atoms with Crippen LogP contribution in [0.3, 0.4) is 0 Å². The number of fused-ring (bicyclic) bond motifs is 3. The second-order valence-electron chi connectivity index (χ2n) is 7.15. The van der Waals surface area contributed by atoms with Gasteiger partial charge in [-0.05, 0) is 37.3 Å². The van der Waals surface area contributed by atoms with Crippen LogP contribution in [0.4, 0.5) is 0 Å². The Morgan fingerprint density at radius 1 is 1.04 bits per heavy atom. The van der Waals surface area contributed by atoms with Gasteiger partial charge in [0.25, 0.3) is 0 Å². The molecule has 132 valence electrons. The Morgan fingerprint density at radius 3 is 2.64 bits per heavy atom. The van der Waals surface area contributed by atoms with Gasteiger partial charge in [0.15, 0.2) is 11.5 Å². The average Bonchev–Trinajstić information content (AvgIpc) is 2.99. The standard InChI is InChI=1S/C20H24N2O3/c1-23-15-11-14-16(20(25-3)19(15)24-2)13-7-9-21-8-4-5-12-6-10-22(14)18(13)17(12)21/h6,10-12,17H,4-5,7-9H2,1-3H3/t12-,17-/m1/s1. The van der Waals surface area contributed by atoms with E-state index in [1.54, 1.807) is 21.3 Å². The van der Waals surface area contributed by atoms with E-state index in [1.165, 1.54) is 36.0 Å². The quantitative estimate of drug-likeness (QED) is 0.857. The monoisotopic (exact) mass is 340 g/mol. The Kier molecular flexibility index (Phi) is 3.29. The van der Waals surface area contributed by atoms with Crippen LogP contribution in [0.25, 0.3) is 17.1 Å². The van der Waals surface area contributed by atoms with Gasteiger partial charge in [-0.15, -0.1) is 0 Å². The summed E-state index contributed by atoms with van der Waals surface area (Å²) in [7, 11) is 5.07.